The summed E-state index contributed by atoms with van der Waals surface area (Å²) in [7, 11) is 0. The highest BCUT2D eigenvalue weighted by Crippen LogP contribution is 2.31. The SMILES string of the molecule is CC(C)C(C)C1CCN(c2ccc([N+](=O)[O-])cn2)C1. The number of aromatic nitrogens is 1. The van der Waals surface area contributed by atoms with Crippen molar-refractivity contribution >= 4 is 11.5 Å². The summed E-state index contributed by atoms with van der Waals surface area (Å²) >= 11 is 0. The van der Waals surface area contributed by atoms with Crippen molar-refractivity contribution in [1.29, 1.82) is 0 Å². The molecule has 1 aliphatic heterocycles. The first-order valence-electron chi connectivity index (χ1n) is 6.84. The summed E-state index contributed by atoms with van der Waals surface area (Å²) in [6, 6.07) is 3.28. The zero-order valence-electron chi connectivity index (χ0n) is 11.7. The lowest BCUT2D eigenvalue weighted by molar-refractivity contribution is -0.385. The Kier molecular flexibility index (Phi) is 4.02. The summed E-state index contributed by atoms with van der Waals surface area (Å²) in [5, 5.41) is 10.6. The molecule has 0 amide bonds. The van der Waals surface area contributed by atoms with E-state index in [-0.39, 0.29) is 5.69 Å². The molecule has 5 heteroatoms. The molecule has 2 unspecified atom stereocenters. The zero-order chi connectivity index (χ0) is 14.0. The summed E-state index contributed by atoms with van der Waals surface area (Å²) < 4.78 is 0. The standard InChI is InChI=1S/C14H21N3O2/c1-10(2)11(3)12-6-7-16(9-12)14-5-4-13(8-15-14)17(18)19/h4-5,8,10-12H,6-7,9H2,1-3H3. The number of nitrogens with zero attached hydrogens (tertiary/aromatic N) is 3. The fraction of sp³-hybridized carbons (Fsp3) is 0.643. The molecule has 0 saturated carbocycles. The average Bonchev–Trinajstić information content (AvgIpc) is 2.87. The van der Waals surface area contributed by atoms with Gasteiger partial charge in [0.05, 0.1) is 4.92 Å². The summed E-state index contributed by atoms with van der Waals surface area (Å²) in [4.78, 5) is 16.6. The number of hydrogen-bond acceptors (Lipinski definition) is 4. The predicted molar refractivity (Wildman–Crippen MR) is 75.2 cm³/mol. The van der Waals surface area contributed by atoms with Gasteiger partial charge < -0.3 is 4.90 Å². The van der Waals surface area contributed by atoms with Gasteiger partial charge in [-0.05, 0) is 30.2 Å². The number of rotatable bonds is 4. The highest BCUT2D eigenvalue weighted by Gasteiger charge is 2.29. The van der Waals surface area contributed by atoms with Crippen LogP contribution in [-0.4, -0.2) is 23.0 Å². The molecule has 2 heterocycles. The van der Waals surface area contributed by atoms with Crippen LogP contribution in [-0.2, 0) is 0 Å². The second-order valence-corrected chi connectivity index (χ2v) is 5.73. The van der Waals surface area contributed by atoms with E-state index in [1.165, 1.54) is 18.7 Å². The molecular formula is C14H21N3O2. The first-order valence-corrected chi connectivity index (χ1v) is 6.84. The van der Waals surface area contributed by atoms with Crippen LogP contribution >= 0.6 is 0 Å². The quantitative estimate of drug-likeness (QED) is 0.618. The molecule has 0 bridgehead atoms. The number of pyridine rings is 1. The third-order valence-electron chi connectivity index (χ3n) is 4.29. The van der Waals surface area contributed by atoms with Gasteiger partial charge in [0.2, 0.25) is 0 Å². The Morgan fingerprint density at radius 2 is 2.16 bits per heavy atom. The van der Waals surface area contributed by atoms with Gasteiger partial charge in [0.1, 0.15) is 12.0 Å². The van der Waals surface area contributed by atoms with Gasteiger partial charge in [0, 0.05) is 19.2 Å². The topological polar surface area (TPSA) is 59.3 Å². The van der Waals surface area contributed by atoms with E-state index in [0.717, 1.165) is 18.9 Å². The molecule has 1 saturated heterocycles. The maximum atomic E-state index is 10.6. The monoisotopic (exact) mass is 263 g/mol. The number of nitro groups is 1. The maximum absolute atomic E-state index is 10.6. The minimum atomic E-state index is -0.412. The fourth-order valence-electron chi connectivity index (χ4n) is 2.64. The molecule has 2 rings (SSSR count). The van der Waals surface area contributed by atoms with Crippen molar-refractivity contribution in [1.82, 2.24) is 4.98 Å². The normalized spacial score (nSPS) is 20.8. The molecule has 1 fully saturated rings. The van der Waals surface area contributed by atoms with Crippen LogP contribution in [0.25, 0.3) is 0 Å². The Labute approximate surface area is 113 Å². The highest BCUT2D eigenvalue weighted by molar-refractivity contribution is 5.43. The van der Waals surface area contributed by atoms with Gasteiger partial charge >= 0.3 is 0 Å². The second kappa shape index (κ2) is 5.55. The highest BCUT2D eigenvalue weighted by atomic mass is 16.6. The fourth-order valence-corrected chi connectivity index (χ4v) is 2.64. The van der Waals surface area contributed by atoms with E-state index in [9.17, 15) is 10.1 Å². The van der Waals surface area contributed by atoms with Crippen molar-refractivity contribution in [2.45, 2.75) is 27.2 Å². The van der Waals surface area contributed by atoms with Gasteiger partial charge in [-0.2, -0.15) is 0 Å². The van der Waals surface area contributed by atoms with Gasteiger partial charge in [0.15, 0.2) is 0 Å². The van der Waals surface area contributed by atoms with Crippen LogP contribution < -0.4 is 4.90 Å². The molecular weight excluding hydrogens is 242 g/mol. The summed E-state index contributed by atoms with van der Waals surface area (Å²) in [6.07, 6.45) is 2.52. The molecule has 5 nitrogen and oxygen atoms in total. The lowest BCUT2D eigenvalue weighted by Gasteiger charge is -2.23. The van der Waals surface area contributed by atoms with Gasteiger partial charge in [-0.15, -0.1) is 0 Å². The van der Waals surface area contributed by atoms with Gasteiger partial charge in [0.25, 0.3) is 5.69 Å². The van der Waals surface area contributed by atoms with E-state index in [1.54, 1.807) is 6.07 Å². The minimum absolute atomic E-state index is 0.0510. The Bertz CT molecular complexity index is 445. The van der Waals surface area contributed by atoms with E-state index >= 15 is 0 Å². The van der Waals surface area contributed by atoms with Crippen LogP contribution in [0.5, 0.6) is 0 Å². The van der Waals surface area contributed by atoms with Crippen LogP contribution in [0.4, 0.5) is 11.5 Å². The van der Waals surface area contributed by atoms with Crippen molar-refractivity contribution in [3.8, 4) is 0 Å². The summed E-state index contributed by atoms with van der Waals surface area (Å²) in [6.45, 7) is 8.83. The predicted octanol–water partition coefficient (Wildman–Crippen LogP) is 3.11. The molecule has 2 atom stereocenters. The van der Waals surface area contributed by atoms with Gasteiger partial charge in [-0.25, -0.2) is 4.98 Å². The maximum Gasteiger partial charge on any atom is 0.287 e. The molecule has 0 N–H and O–H groups in total. The minimum Gasteiger partial charge on any atom is -0.356 e. The molecule has 19 heavy (non-hydrogen) atoms. The van der Waals surface area contributed by atoms with E-state index in [2.05, 4.69) is 30.7 Å². The first kappa shape index (κ1) is 13.8. The smallest absolute Gasteiger partial charge is 0.287 e. The van der Waals surface area contributed by atoms with Crippen LogP contribution in [0, 0.1) is 27.9 Å². The van der Waals surface area contributed by atoms with Gasteiger partial charge in [-0.1, -0.05) is 20.8 Å². The van der Waals surface area contributed by atoms with E-state index in [4.69, 9.17) is 0 Å². The summed E-state index contributed by atoms with van der Waals surface area (Å²) in [5.41, 5.74) is 0.0510. The molecule has 0 radical (unpaired) electrons. The molecule has 0 aliphatic carbocycles. The van der Waals surface area contributed by atoms with Crippen molar-refractivity contribution in [2.75, 3.05) is 18.0 Å². The Morgan fingerprint density at radius 1 is 1.42 bits per heavy atom. The van der Waals surface area contributed by atoms with Crippen LogP contribution in [0.3, 0.4) is 0 Å². The first-order chi connectivity index (χ1) is 8.99. The molecule has 1 aromatic rings. The lowest BCUT2D eigenvalue weighted by Crippen LogP contribution is -2.24. The number of anilines is 1. The van der Waals surface area contributed by atoms with Crippen molar-refractivity contribution < 1.29 is 4.92 Å². The molecule has 1 aliphatic rings. The second-order valence-electron chi connectivity index (χ2n) is 5.73. The van der Waals surface area contributed by atoms with Crippen LogP contribution in [0.15, 0.2) is 18.3 Å². The van der Waals surface area contributed by atoms with E-state index in [0.29, 0.717) is 17.8 Å². The Balaban J connectivity index is 2.02. The van der Waals surface area contributed by atoms with Crippen molar-refractivity contribution in [2.24, 2.45) is 17.8 Å². The molecule has 104 valence electrons. The Hall–Kier alpha value is -1.65. The largest absolute Gasteiger partial charge is 0.356 e. The van der Waals surface area contributed by atoms with Crippen molar-refractivity contribution in [3.63, 3.8) is 0 Å². The number of hydrogen-bond donors (Lipinski definition) is 0. The lowest BCUT2D eigenvalue weighted by atomic mass is 9.84. The molecule has 0 aromatic carbocycles. The van der Waals surface area contributed by atoms with E-state index in [1.807, 2.05) is 0 Å². The van der Waals surface area contributed by atoms with Crippen LogP contribution in [0.1, 0.15) is 27.2 Å². The average molecular weight is 263 g/mol. The van der Waals surface area contributed by atoms with Crippen LogP contribution in [0.2, 0.25) is 0 Å². The van der Waals surface area contributed by atoms with Crippen molar-refractivity contribution in [3.05, 3.63) is 28.4 Å². The zero-order valence-corrected chi connectivity index (χ0v) is 11.7. The van der Waals surface area contributed by atoms with Gasteiger partial charge in [-0.3, -0.25) is 10.1 Å². The third-order valence-corrected chi connectivity index (χ3v) is 4.29. The van der Waals surface area contributed by atoms with E-state index < -0.39 is 4.92 Å². The molecule has 0 spiro atoms. The Morgan fingerprint density at radius 3 is 2.68 bits per heavy atom. The molecule has 1 aromatic heterocycles. The summed E-state index contributed by atoms with van der Waals surface area (Å²) in [5.74, 6) is 2.93. The third kappa shape index (κ3) is 3.03.